The smallest absolute Gasteiger partial charge is 0.233 e. The van der Waals surface area contributed by atoms with E-state index in [1.54, 1.807) is 0 Å². The molecule has 0 radical (unpaired) electrons. The van der Waals surface area contributed by atoms with Crippen LogP contribution in [0.1, 0.15) is 24.8 Å². The van der Waals surface area contributed by atoms with E-state index in [9.17, 15) is 4.79 Å². The van der Waals surface area contributed by atoms with E-state index in [2.05, 4.69) is 15.9 Å². The fourth-order valence-corrected chi connectivity index (χ4v) is 2.51. The molecule has 0 aromatic heterocycles. The van der Waals surface area contributed by atoms with Gasteiger partial charge in [-0.15, -0.1) is 0 Å². The number of fused-ring (bicyclic) bond motifs is 1. The highest BCUT2D eigenvalue weighted by Gasteiger charge is 2.32. The molecule has 0 aliphatic carbocycles. The first kappa shape index (κ1) is 13.4. The van der Waals surface area contributed by atoms with Gasteiger partial charge in [0.15, 0.2) is 0 Å². The summed E-state index contributed by atoms with van der Waals surface area (Å²) in [6, 6.07) is 7.82. The van der Waals surface area contributed by atoms with Crippen LogP contribution in [0.5, 0.6) is 5.75 Å². The van der Waals surface area contributed by atoms with Gasteiger partial charge >= 0.3 is 0 Å². The summed E-state index contributed by atoms with van der Waals surface area (Å²) in [4.78, 5) is 14.4. The summed E-state index contributed by atoms with van der Waals surface area (Å²) in [5.41, 5.74) is 1.03. The number of nitrogens with zero attached hydrogens (tertiary/aromatic N) is 1. The number of benzene rings is 1. The molecule has 1 atom stereocenters. The van der Waals surface area contributed by atoms with Gasteiger partial charge in [-0.05, 0) is 19.4 Å². The number of rotatable bonds is 5. The van der Waals surface area contributed by atoms with E-state index >= 15 is 0 Å². The lowest BCUT2D eigenvalue weighted by Crippen LogP contribution is -2.36. The summed E-state index contributed by atoms with van der Waals surface area (Å²) in [7, 11) is 0. The Morgan fingerprint density at radius 3 is 3.00 bits per heavy atom. The van der Waals surface area contributed by atoms with Gasteiger partial charge in [-0.2, -0.15) is 0 Å². The van der Waals surface area contributed by atoms with Gasteiger partial charge in [0.25, 0.3) is 0 Å². The molecule has 0 spiro atoms. The van der Waals surface area contributed by atoms with Gasteiger partial charge in [-0.3, -0.25) is 4.79 Å². The molecule has 0 saturated heterocycles. The maximum absolute atomic E-state index is 12.5. The highest BCUT2D eigenvalue weighted by Crippen LogP contribution is 2.34. The lowest BCUT2D eigenvalue weighted by Gasteiger charge is -2.23. The van der Waals surface area contributed by atoms with Crippen molar-refractivity contribution in [3.8, 4) is 5.75 Å². The van der Waals surface area contributed by atoms with Crippen molar-refractivity contribution in [2.75, 3.05) is 25.0 Å². The SMILES string of the molecule is CCN(CCCBr)C(=O)C1COc2ccccc21. The van der Waals surface area contributed by atoms with Gasteiger partial charge in [-0.1, -0.05) is 34.1 Å². The highest BCUT2D eigenvalue weighted by atomic mass is 79.9. The Labute approximate surface area is 116 Å². The zero-order chi connectivity index (χ0) is 13.0. The molecule has 0 N–H and O–H groups in total. The second kappa shape index (κ2) is 6.23. The molecule has 1 amide bonds. The third-order valence-corrected chi connectivity index (χ3v) is 3.81. The summed E-state index contributed by atoms with van der Waals surface area (Å²) in [6.07, 6.45) is 0.981. The molecule has 0 bridgehead atoms. The summed E-state index contributed by atoms with van der Waals surface area (Å²) in [6.45, 7) is 4.06. The number of halogens is 1. The number of hydrogen-bond donors (Lipinski definition) is 0. The van der Waals surface area contributed by atoms with Crippen LogP contribution in [-0.2, 0) is 4.79 Å². The Bertz CT molecular complexity index is 422. The van der Waals surface area contributed by atoms with Crippen molar-refractivity contribution < 1.29 is 9.53 Å². The summed E-state index contributed by atoms with van der Waals surface area (Å²) in [5.74, 6) is 0.910. The molecule has 0 saturated carbocycles. The lowest BCUT2D eigenvalue weighted by atomic mass is 10.00. The monoisotopic (exact) mass is 311 g/mol. The summed E-state index contributed by atoms with van der Waals surface area (Å²) in [5, 5.41) is 0.925. The minimum atomic E-state index is -0.128. The molecule has 18 heavy (non-hydrogen) atoms. The van der Waals surface area contributed by atoms with Crippen LogP contribution in [0.15, 0.2) is 24.3 Å². The molecule has 0 fully saturated rings. The number of carbonyl (C=O) groups is 1. The standard InChI is InChI=1S/C14H18BrNO2/c1-2-16(9-5-8-15)14(17)12-10-18-13-7-4-3-6-11(12)13/h3-4,6-7,12H,2,5,8-10H2,1H3. The van der Waals surface area contributed by atoms with Crippen molar-refractivity contribution in [2.24, 2.45) is 0 Å². The average molecular weight is 312 g/mol. The molecule has 1 aliphatic heterocycles. The molecule has 98 valence electrons. The first-order chi connectivity index (χ1) is 8.77. The van der Waals surface area contributed by atoms with Crippen LogP contribution in [0, 0.1) is 0 Å². The minimum absolute atomic E-state index is 0.128. The Morgan fingerprint density at radius 2 is 2.28 bits per heavy atom. The number of ether oxygens (including phenoxy) is 1. The minimum Gasteiger partial charge on any atom is -0.492 e. The molecule has 1 unspecified atom stereocenters. The molecular weight excluding hydrogens is 294 g/mol. The van der Waals surface area contributed by atoms with Crippen molar-refractivity contribution in [1.82, 2.24) is 4.90 Å². The van der Waals surface area contributed by atoms with Gasteiger partial charge in [0.1, 0.15) is 18.3 Å². The third-order valence-electron chi connectivity index (χ3n) is 3.25. The maximum Gasteiger partial charge on any atom is 0.233 e. The van der Waals surface area contributed by atoms with Gasteiger partial charge in [0.2, 0.25) is 5.91 Å². The second-order valence-corrected chi connectivity index (χ2v) is 5.15. The molecule has 1 aromatic carbocycles. The molecule has 3 nitrogen and oxygen atoms in total. The molecule has 2 rings (SSSR count). The largest absolute Gasteiger partial charge is 0.492 e. The number of alkyl halides is 1. The van der Waals surface area contributed by atoms with Crippen molar-refractivity contribution in [3.63, 3.8) is 0 Å². The highest BCUT2D eigenvalue weighted by molar-refractivity contribution is 9.09. The molecule has 4 heteroatoms. The van der Waals surface area contributed by atoms with Crippen LogP contribution < -0.4 is 4.74 Å². The van der Waals surface area contributed by atoms with Gasteiger partial charge < -0.3 is 9.64 Å². The zero-order valence-electron chi connectivity index (χ0n) is 10.6. The number of carbonyl (C=O) groups excluding carboxylic acids is 1. The average Bonchev–Trinajstić information content (AvgIpc) is 2.83. The molecule has 1 aromatic rings. The predicted molar refractivity (Wildman–Crippen MR) is 75.3 cm³/mol. The van der Waals surface area contributed by atoms with E-state index in [1.807, 2.05) is 36.1 Å². The lowest BCUT2D eigenvalue weighted by molar-refractivity contribution is -0.132. The van der Waals surface area contributed by atoms with Crippen LogP contribution in [0.3, 0.4) is 0 Å². The first-order valence-electron chi connectivity index (χ1n) is 6.34. The number of amides is 1. The number of hydrogen-bond acceptors (Lipinski definition) is 2. The third kappa shape index (κ3) is 2.69. The fraction of sp³-hybridized carbons (Fsp3) is 0.500. The molecular formula is C14H18BrNO2. The Balaban J connectivity index is 2.10. The van der Waals surface area contributed by atoms with E-state index in [1.165, 1.54) is 0 Å². The van der Waals surface area contributed by atoms with E-state index in [0.29, 0.717) is 6.61 Å². The fourth-order valence-electron chi connectivity index (χ4n) is 2.26. The second-order valence-electron chi connectivity index (χ2n) is 4.36. The number of likely N-dealkylation sites (N-methyl/N-ethyl adjacent to an activating group) is 1. The topological polar surface area (TPSA) is 29.5 Å². The predicted octanol–water partition coefficient (Wildman–Crippen LogP) is 2.80. The molecule has 1 heterocycles. The first-order valence-corrected chi connectivity index (χ1v) is 7.46. The van der Waals surface area contributed by atoms with Crippen LogP contribution in [0.25, 0.3) is 0 Å². The van der Waals surface area contributed by atoms with E-state index in [0.717, 1.165) is 36.2 Å². The van der Waals surface area contributed by atoms with Crippen LogP contribution >= 0.6 is 15.9 Å². The van der Waals surface area contributed by atoms with Crippen LogP contribution in [0.2, 0.25) is 0 Å². The van der Waals surface area contributed by atoms with E-state index in [4.69, 9.17) is 4.74 Å². The van der Waals surface area contributed by atoms with Crippen molar-refractivity contribution >= 4 is 21.8 Å². The van der Waals surface area contributed by atoms with Crippen LogP contribution in [0.4, 0.5) is 0 Å². The van der Waals surface area contributed by atoms with E-state index in [-0.39, 0.29) is 11.8 Å². The number of para-hydroxylation sites is 1. The summed E-state index contributed by atoms with van der Waals surface area (Å²) < 4.78 is 5.57. The van der Waals surface area contributed by atoms with Gasteiger partial charge in [-0.25, -0.2) is 0 Å². The quantitative estimate of drug-likeness (QED) is 0.783. The maximum atomic E-state index is 12.5. The van der Waals surface area contributed by atoms with Gasteiger partial charge in [0, 0.05) is 24.0 Å². The van der Waals surface area contributed by atoms with Crippen molar-refractivity contribution in [1.29, 1.82) is 0 Å². The van der Waals surface area contributed by atoms with Crippen LogP contribution in [-0.4, -0.2) is 35.8 Å². The summed E-state index contributed by atoms with van der Waals surface area (Å²) >= 11 is 3.40. The zero-order valence-corrected chi connectivity index (χ0v) is 12.1. The van der Waals surface area contributed by atoms with E-state index < -0.39 is 0 Å². The Kier molecular flexibility index (Phi) is 4.64. The van der Waals surface area contributed by atoms with Gasteiger partial charge in [0.05, 0.1) is 0 Å². The molecule has 1 aliphatic rings. The van der Waals surface area contributed by atoms with Crippen molar-refractivity contribution in [2.45, 2.75) is 19.3 Å². The van der Waals surface area contributed by atoms with Crippen molar-refractivity contribution in [3.05, 3.63) is 29.8 Å². The Morgan fingerprint density at radius 1 is 1.50 bits per heavy atom. The normalized spacial score (nSPS) is 17.1. The Hall–Kier alpha value is -1.03.